The van der Waals surface area contributed by atoms with Gasteiger partial charge in [-0.05, 0) is 48.0 Å². The van der Waals surface area contributed by atoms with Gasteiger partial charge in [-0.15, -0.1) is 0 Å². The summed E-state index contributed by atoms with van der Waals surface area (Å²) in [6, 6.07) is 14.7. The summed E-state index contributed by atoms with van der Waals surface area (Å²) in [7, 11) is 1.67. The minimum absolute atomic E-state index is 0.240. The molecule has 3 rings (SSSR count). The van der Waals surface area contributed by atoms with Crippen LogP contribution < -0.4 is 0 Å². The quantitative estimate of drug-likeness (QED) is 0.660. The minimum atomic E-state index is -0.495. The lowest BCUT2D eigenvalue weighted by Crippen LogP contribution is -2.31. The number of furan rings is 1. The number of likely N-dealkylation sites (N-methyl/N-ethyl adjacent to an activating group) is 1. The molecule has 0 radical (unpaired) electrons. The number of aromatic nitrogens is 1. The van der Waals surface area contributed by atoms with Crippen LogP contribution in [0.3, 0.4) is 0 Å². The molecule has 1 aromatic carbocycles. The van der Waals surface area contributed by atoms with E-state index in [1.165, 1.54) is 29.4 Å². The van der Waals surface area contributed by atoms with Crippen LogP contribution in [0.2, 0.25) is 0 Å². The molecule has 0 aliphatic heterocycles. The third kappa shape index (κ3) is 4.01. The molecule has 0 bridgehead atoms. The number of halogens is 1. The van der Waals surface area contributed by atoms with E-state index in [-0.39, 0.29) is 11.7 Å². The maximum Gasteiger partial charge on any atom is 0.247 e. The molecule has 1 atom stereocenters. The van der Waals surface area contributed by atoms with E-state index in [1.807, 2.05) is 12.1 Å². The van der Waals surface area contributed by atoms with Gasteiger partial charge in [0, 0.05) is 19.3 Å². The van der Waals surface area contributed by atoms with Gasteiger partial charge in [-0.3, -0.25) is 9.78 Å². The van der Waals surface area contributed by atoms with Crippen LogP contribution in [-0.2, 0) is 4.79 Å². The summed E-state index contributed by atoms with van der Waals surface area (Å²) < 4.78 is 18.9. The Kier molecular flexibility index (Phi) is 5.04. The molecule has 126 valence electrons. The molecule has 0 fully saturated rings. The SMILES string of the molecule is CN(C(=O)/C=C\c1ccco1)[C@H](c1cccc(F)c1)c1ccccn1. The van der Waals surface area contributed by atoms with Crippen molar-refractivity contribution in [3.8, 4) is 0 Å². The fourth-order valence-corrected chi connectivity index (χ4v) is 2.59. The lowest BCUT2D eigenvalue weighted by atomic mass is 10.0. The minimum Gasteiger partial charge on any atom is -0.465 e. The summed E-state index contributed by atoms with van der Waals surface area (Å²) in [5.74, 6) is -0.0105. The summed E-state index contributed by atoms with van der Waals surface area (Å²) in [5, 5.41) is 0. The van der Waals surface area contributed by atoms with Gasteiger partial charge in [0.15, 0.2) is 0 Å². The maximum absolute atomic E-state index is 13.7. The number of carbonyl (C=O) groups is 1. The number of hydrogen-bond donors (Lipinski definition) is 0. The Labute approximate surface area is 145 Å². The van der Waals surface area contributed by atoms with Gasteiger partial charge in [0.25, 0.3) is 0 Å². The van der Waals surface area contributed by atoms with Crippen LogP contribution in [0.25, 0.3) is 6.08 Å². The second-order valence-electron chi connectivity index (χ2n) is 5.51. The largest absolute Gasteiger partial charge is 0.465 e. The lowest BCUT2D eigenvalue weighted by molar-refractivity contribution is -0.126. The van der Waals surface area contributed by atoms with Crippen LogP contribution in [0.1, 0.15) is 23.1 Å². The zero-order chi connectivity index (χ0) is 17.6. The van der Waals surface area contributed by atoms with Crippen molar-refractivity contribution in [3.05, 3.63) is 96.0 Å². The van der Waals surface area contributed by atoms with Gasteiger partial charge >= 0.3 is 0 Å². The number of hydrogen-bond acceptors (Lipinski definition) is 3. The smallest absolute Gasteiger partial charge is 0.247 e. The Morgan fingerprint density at radius 1 is 1.20 bits per heavy atom. The van der Waals surface area contributed by atoms with Crippen LogP contribution in [0.5, 0.6) is 0 Å². The van der Waals surface area contributed by atoms with Crippen molar-refractivity contribution < 1.29 is 13.6 Å². The highest BCUT2D eigenvalue weighted by Crippen LogP contribution is 2.27. The van der Waals surface area contributed by atoms with Gasteiger partial charge < -0.3 is 9.32 Å². The number of rotatable bonds is 5. The van der Waals surface area contributed by atoms with E-state index in [0.717, 1.165) is 0 Å². The van der Waals surface area contributed by atoms with Crippen LogP contribution in [-0.4, -0.2) is 22.8 Å². The third-order valence-corrected chi connectivity index (χ3v) is 3.80. The third-order valence-electron chi connectivity index (χ3n) is 3.80. The van der Waals surface area contributed by atoms with Crippen molar-refractivity contribution in [3.63, 3.8) is 0 Å². The molecule has 25 heavy (non-hydrogen) atoms. The summed E-state index contributed by atoms with van der Waals surface area (Å²) in [4.78, 5) is 18.5. The molecule has 1 amide bonds. The lowest BCUT2D eigenvalue weighted by Gasteiger charge is -2.27. The molecule has 0 saturated heterocycles. The normalized spacial score (nSPS) is 12.2. The first kappa shape index (κ1) is 16.6. The second-order valence-corrected chi connectivity index (χ2v) is 5.51. The van der Waals surface area contributed by atoms with E-state index >= 15 is 0 Å². The predicted octanol–water partition coefficient (Wildman–Crippen LogP) is 4.07. The highest BCUT2D eigenvalue weighted by molar-refractivity contribution is 5.91. The molecule has 0 N–H and O–H groups in total. The molecule has 0 saturated carbocycles. The first-order valence-corrected chi connectivity index (χ1v) is 7.80. The molecule has 0 spiro atoms. The van der Waals surface area contributed by atoms with Gasteiger partial charge in [0.2, 0.25) is 5.91 Å². The highest BCUT2D eigenvalue weighted by Gasteiger charge is 2.23. The average Bonchev–Trinajstić information content (AvgIpc) is 3.14. The molecule has 2 aromatic heterocycles. The van der Waals surface area contributed by atoms with Crippen molar-refractivity contribution in [2.24, 2.45) is 0 Å². The highest BCUT2D eigenvalue weighted by atomic mass is 19.1. The fourth-order valence-electron chi connectivity index (χ4n) is 2.59. The Morgan fingerprint density at radius 2 is 2.08 bits per heavy atom. The molecule has 5 heteroatoms. The number of pyridine rings is 1. The van der Waals surface area contributed by atoms with Crippen molar-refractivity contribution in [2.45, 2.75) is 6.04 Å². The monoisotopic (exact) mass is 336 g/mol. The molecule has 0 aliphatic carbocycles. The van der Waals surface area contributed by atoms with E-state index in [0.29, 0.717) is 17.0 Å². The molecular weight excluding hydrogens is 319 g/mol. The standard InChI is InChI=1S/C20H17FN2O2/c1-23(19(24)11-10-17-8-5-13-25-17)20(18-9-2-3-12-22-18)15-6-4-7-16(21)14-15/h2-14,20H,1H3/b11-10-/t20-/m1/s1. The topological polar surface area (TPSA) is 46.3 Å². The maximum atomic E-state index is 13.7. The van der Waals surface area contributed by atoms with Crippen molar-refractivity contribution in [1.82, 2.24) is 9.88 Å². The van der Waals surface area contributed by atoms with Crippen molar-refractivity contribution in [2.75, 3.05) is 7.05 Å². The van der Waals surface area contributed by atoms with E-state index in [4.69, 9.17) is 4.42 Å². The van der Waals surface area contributed by atoms with Gasteiger partial charge in [-0.1, -0.05) is 18.2 Å². The van der Waals surface area contributed by atoms with Crippen LogP contribution in [0.4, 0.5) is 4.39 Å². The van der Waals surface area contributed by atoms with Gasteiger partial charge in [-0.25, -0.2) is 4.39 Å². The molecule has 4 nitrogen and oxygen atoms in total. The Hall–Kier alpha value is -3.21. The van der Waals surface area contributed by atoms with Crippen LogP contribution in [0, 0.1) is 5.82 Å². The predicted molar refractivity (Wildman–Crippen MR) is 93.0 cm³/mol. The van der Waals surface area contributed by atoms with Crippen LogP contribution >= 0.6 is 0 Å². The Morgan fingerprint density at radius 3 is 2.76 bits per heavy atom. The van der Waals surface area contributed by atoms with Gasteiger partial charge in [0.05, 0.1) is 18.0 Å². The van der Waals surface area contributed by atoms with E-state index in [1.54, 1.807) is 49.7 Å². The van der Waals surface area contributed by atoms with E-state index in [9.17, 15) is 9.18 Å². The molecule has 0 aliphatic rings. The Bertz CT molecular complexity index is 860. The summed E-state index contributed by atoms with van der Waals surface area (Å²) in [5.41, 5.74) is 1.32. The van der Waals surface area contributed by atoms with Crippen molar-refractivity contribution >= 4 is 12.0 Å². The van der Waals surface area contributed by atoms with Gasteiger partial charge in [0.1, 0.15) is 11.6 Å². The zero-order valence-corrected chi connectivity index (χ0v) is 13.7. The average molecular weight is 336 g/mol. The van der Waals surface area contributed by atoms with Crippen LogP contribution in [0.15, 0.2) is 77.6 Å². The van der Waals surface area contributed by atoms with E-state index in [2.05, 4.69) is 4.98 Å². The number of amides is 1. The second kappa shape index (κ2) is 7.57. The summed E-state index contributed by atoms with van der Waals surface area (Å²) in [6.07, 6.45) is 6.21. The van der Waals surface area contributed by atoms with Gasteiger partial charge in [-0.2, -0.15) is 0 Å². The summed E-state index contributed by atoms with van der Waals surface area (Å²) >= 11 is 0. The molecule has 3 aromatic rings. The number of benzene rings is 1. The zero-order valence-electron chi connectivity index (χ0n) is 13.7. The molecular formula is C20H17FN2O2. The Balaban J connectivity index is 1.92. The first-order valence-electron chi connectivity index (χ1n) is 7.80. The number of carbonyl (C=O) groups excluding carboxylic acids is 1. The summed E-state index contributed by atoms with van der Waals surface area (Å²) in [6.45, 7) is 0. The molecule has 2 heterocycles. The fraction of sp³-hybridized carbons (Fsp3) is 0.100. The molecule has 0 unspecified atom stereocenters. The van der Waals surface area contributed by atoms with E-state index < -0.39 is 6.04 Å². The number of nitrogens with zero attached hydrogens (tertiary/aromatic N) is 2. The first-order chi connectivity index (χ1) is 12.1. The van der Waals surface area contributed by atoms with Crippen molar-refractivity contribution in [1.29, 1.82) is 0 Å².